The molecule has 0 N–H and O–H groups in total. The summed E-state index contributed by atoms with van der Waals surface area (Å²) in [5.74, 6) is 0. The first-order valence-corrected chi connectivity index (χ1v) is 6.88. The van der Waals surface area contributed by atoms with Gasteiger partial charge < -0.3 is 0 Å². The molecule has 2 heteroatoms. The molecule has 0 atom stereocenters. The number of carbonyl (C=O) groups is 1. The normalized spacial score (nSPS) is 10.3. The van der Waals surface area contributed by atoms with E-state index in [4.69, 9.17) is 0 Å². The van der Waals surface area contributed by atoms with Gasteiger partial charge in [0.25, 0.3) is 0 Å². The van der Waals surface area contributed by atoms with E-state index in [9.17, 15) is 4.79 Å². The minimum Gasteiger partial charge on any atom is -0.298 e. The van der Waals surface area contributed by atoms with Crippen molar-refractivity contribution in [1.82, 2.24) is 0 Å². The van der Waals surface area contributed by atoms with Gasteiger partial charge in [0.2, 0.25) is 0 Å². The van der Waals surface area contributed by atoms with Crippen molar-refractivity contribution in [3.05, 3.63) is 58.1 Å². The van der Waals surface area contributed by atoms with Crippen molar-refractivity contribution in [3.8, 4) is 11.1 Å². The van der Waals surface area contributed by atoms with Crippen LogP contribution in [0.15, 0.2) is 46.9 Å². The van der Waals surface area contributed by atoms with Crippen molar-refractivity contribution in [2.24, 2.45) is 0 Å². The maximum Gasteiger partial charge on any atom is 0.151 e. The molecular formula is C16H15BrO. The maximum atomic E-state index is 10.9. The molecule has 0 spiro atoms. The van der Waals surface area contributed by atoms with Gasteiger partial charge in [-0.3, -0.25) is 4.79 Å². The lowest BCUT2D eigenvalue weighted by atomic mass is 10.0. The molecule has 18 heavy (non-hydrogen) atoms. The summed E-state index contributed by atoms with van der Waals surface area (Å²) in [6.45, 7) is 2.18. The van der Waals surface area contributed by atoms with Crippen LogP contribution in [0.4, 0.5) is 0 Å². The summed E-state index contributed by atoms with van der Waals surface area (Å²) < 4.78 is 0.837. The average Bonchev–Trinajstić information content (AvgIpc) is 2.41. The van der Waals surface area contributed by atoms with Crippen LogP contribution < -0.4 is 0 Å². The summed E-state index contributed by atoms with van der Waals surface area (Å²) in [7, 11) is 0. The zero-order chi connectivity index (χ0) is 13.0. The van der Waals surface area contributed by atoms with Gasteiger partial charge in [0, 0.05) is 10.0 Å². The quantitative estimate of drug-likeness (QED) is 0.736. The minimum atomic E-state index is 0.685. The number of benzene rings is 2. The van der Waals surface area contributed by atoms with Crippen molar-refractivity contribution in [3.63, 3.8) is 0 Å². The molecule has 2 rings (SSSR count). The number of carbonyl (C=O) groups excluding carboxylic acids is 1. The van der Waals surface area contributed by atoms with Crippen LogP contribution in [0.25, 0.3) is 11.1 Å². The monoisotopic (exact) mass is 302 g/mol. The van der Waals surface area contributed by atoms with E-state index in [-0.39, 0.29) is 0 Å². The molecular weight excluding hydrogens is 288 g/mol. The van der Waals surface area contributed by atoms with E-state index in [2.05, 4.69) is 47.1 Å². The van der Waals surface area contributed by atoms with Gasteiger partial charge in [-0.1, -0.05) is 59.6 Å². The standard InChI is InChI=1S/C16H15BrO/c1-2-3-12-4-6-13(7-5-12)14-8-9-16(17)15(10-14)11-18/h4-11H,2-3H2,1H3. The SMILES string of the molecule is CCCc1ccc(-c2ccc(Br)c(C=O)c2)cc1. The van der Waals surface area contributed by atoms with Crippen molar-refractivity contribution in [1.29, 1.82) is 0 Å². The Morgan fingerprint density at radius 3 is 2.33 bits per heavy atom. The fourth-order valence-electron chi connectivity index (χ4n) is 1.97. The Morgan fingerprint density at radius 1 is 1.06 bits per heavy atom. The molecule has 0 fully saturated rings. The molecule has 0 amide bonds. The Hall–Kier alpha value is -1.41. The van der Waals surface area contributed by atoms with Crippen LogP contribution in [0.1, 0.15) is 29.3 Å². The second-order valence-electron chi connectivity index (χ2n) is 4.30. The number of rotatable bonds is 4. The summed E-state index contributed by atoms with van der Waals surface area (Å²) in [6.07, 6.45) is 3.15. The third-order valence-electron chi connectivity index (χ3n) is 2.95. The van der Waals surface area contributed by atoms with E-state index in [1.807, 2.05) is 18.2 Å². The smallest absolute Gasteiger partial charge is 0.151 e. The molecule has 0 aromatic heterocycles. The lowest BCUT2D eigenvalue weighted by molar-refractivity contribution is 0.112. The zero-order valence-electron chi connectivity index (χ0n) is 10.3. The van der Waals surface area contributed by atoms with Crippen LogP contribution in [0.5, 0.6) is 0 Å². The van der Waals surface area contributed by atoms with Gasteiger partial charge in [0.1, 0.15) is 0 Å². The van der Waals surface area contributed by atoms with Crippen molar-refractivity contribution >= 4 is 22.2 Å². The first kappa shape index (κ1) is 13.0. The molecule has 0 saturated carbocycles. The zero-order valence-corrected chi connectivity index (χ0v) is 11.9. The summed E-state index contributed by atoms with van der Waals surface area (Å²) >= 11 is 3.36. The number of hydrogen-bond donors (Lipinski definition) is 0. The number of halogens is 1. The van der Waals surface area contributed by atoms with Crippen LogP contribution in [0, 0.1) is 0 Å². The van der Waals surface area contributed by atoms with Crippen molar-refractivity contribution in [2.75, 3.05) is 0 Å². The number of hydrogen-bond acceptors (Lipinski definition) is 1. The average molecular weight is 303 g/mol. The van der Waals surface area contributed by atoms with Crippen LogP contribution in [-0.2, 0) is 6.42 Å². The molecule has 0 unspecified atom stereocenters. The summed E-state index contributed by atoms with van der Waals surface area (Å²) in [5, 5.41) is 0. The first-order chi connectivity index (χ1) is 8.74. The molecule has 0 saturated heterocycles. The largest absolute Gasteiger partial charge is 0.298 e. The maximum absolute atomic E-state index is 10.9. The van der Waals surface area contributed by atoms with E-state index >= 15 is 0 Å². The van der Waals surface area contributed by atoms with E-state index < -0.39 is 0 Å². The van der Waals surface area contributed by atoms with Gasteiger partial charge in [-0.15, -0.1) is 0 Å². The van der Waals surface area contributed by atoms with Crippen LogP contribution >= 0.6 is 15.9 Å². The van der Waals surface area contributed by atoms with Crippen molar-refractivity contribution < 1.29 is 4.79 Å². The van der Waals surface area contributed by atoms with Crippen LogP contribution in [0.2, 0.25) is 0 Å². The van der Waals surface area contributed by atoms with Gasteiger partial charge in [0.05, 0.1) is 0 Å². The summed E-state index contributed by atoms with van der Waals surface area (Å²) in [5.41, 5.74) is 4.26. The minimum absolute atomic E-state index is 0.685. The second-order valence-corrected chi connectivity index (χ2v) is 5.16. The Bertz CT molecular complexity index is 544. The Morgan fingerprint density at radius 2 is 1.72 bits per heavy atom. The topological polar surface area (TPSA) is 17.1 Å². The Balaban J connectivity index is 2.33. The van der Waals surface area contributed by atoms with Gasteiger partial charge in [-0.25, -0.2) is 0 Å². The highest BCUT2D eigenvalue weighted by molar-refractivity contribution is 9.10. The van der Waals surface area contributed by atoms with Gasteiger partial charge >= 0.3 is 0 Å². The fourth-order valence-corrected chi connectivity index (χ4v) is 2.31. The molecule has 1 nitrogen and oxygen atoms in total. The molecule has 2 aromatic carbocycles. The third-order valence-corrected chi connectivity index (χ3v) is 3.67. The second kappa shape index (κ2) is 5.96. The lowest BCUT2D eigenvalue weighted by Gasteiger charge is -2.05. The van der Waals surface area contributed by atoms with E-state index in [1.54, 1.807) is 0 Å². The highest BCUT2D eigenvalue weighted by Crippen LogP contribution is 2.25. The van der Waals surface area contributed by atoms with Crippen molar-refractivity contribution in [2.45, 2.75) is 19.8 Å². The van der Waals surface area contributed by atoms with Gasteiger partial charge in [-0.05, 0) is 35.2 Å². The third kappa shape index (κ3) is 2.88. The van der Waals surface area contributed by atoms with E-state index in [1.165, 1.54) is 5.56 Å². The molecule has 92 valence electrons. The lowest BCUT2D eigenvalue weighted by Crippen LogP contribution is -1.86. The predicted octanol–water partition coefficient (Wildman–Crippen LogP) is 4.88. The van der Waals surface area contributed by atoms with Crippen LogP contribution in [-0.4, -0.2) is 6.29 Å². The Kier molecular flexibility index (Phi) is 4.32. The molecule has 0 bridgehead atoms. The molecule has 0 radical (unpaired) electrons. The molecule has 0 heterocycles. The number of aldehydes is 1. The molecule has 0 aliphatic carbocycles. The number of aryl methyl sites for hydroxylation is 1. The fraction of sp³-hybridized carbons (Fsp3) is 0.188. The van der Waals surface area contributed by atoms with E-state index in [0.29, 0.717) is 5.56 Å². The highest BCUT2D eigenvalue weighted by atomic mass is 79.9. The molecule has 0 aliphatic rings. The first-order valence-electron chi connectivity index (χ1n) is 6.08. The predicted molar refractivity (Wildman–Crippen MR) is 79.0 cm³/mol. The Labute approximate surface area is 116 Å². The summed E-state index contributed by atoms with van der Waals surface area (Å²) in [4.78, 5) is 10.9. The summed E-state index contributed by atoms with van der Waals surface area (Å²) in [6, 6.07) is 14.4. The van der Waals surface area contributed by atoms with Crippen LogP contribution in [0.3, 0.4) is 0 Å². The molecule has 2 aromatic rings. The van der Waals surface area contributed by atoms with E-state index in [0.717, 1.165) is 34.7 Å². The highest BCUT2D eigenvalue weighted by Gasteiger charge is 2.03. The van der Waals surface area contributed by atoms with Gasteiger partial charge in [-0.2, -0.15) is 0 Å². The molecule has 0 aliphatic heterocycles. The van der Waals surface area contributed by atoms with Gasteiger partial charge in [0.15, 0.2) is 6.29 Å².